The van der Waals surface area contributed by atoms with E-state index < -0.39 is 17.5 Å². The Hall–Kier alpha value is -4.01. The Morgan fingerprint density at radius 2 is 1.97 bits per heavy atom. The number of nitrogens with zero attached hydrogens (tertiary/aromatic N) is 2. The van der Waals surface area contributed by atoms with E-state index in [-0.39, 0.29) is 42.9 Å². The third kappa shape index (κ3) is 4.28. The summed E-state index contributed by atoms with van der Waals surface area (Å²) in [6.07, 6.45) is 1.63. The Labute approximate surface area is 213 Å². The molecular formula is C28H29N3O6. The van der Waals surface area contributed by atoms with Gasteiger partial charge in [-0.15, -0.1) is 0 Å². The summed E-state index contributed by atoms with van der Waals surface area (Å²) in [6.45, 7) is 4.42. The fourth-order valence-corrected chi connectivity index (χ4v) is 5.04. The zero-order valence-corrected chi connectivity index (χ0v) is 21.0. The van der Waals surface area contributed by atoms with E-state index in [1.807, 2.05) is 37.3 Å². The molecule has 0 fully saturated rings. The molecule has 192 valence electrons. The number of esters is 2. The molecule has 0 radical (unpaired) electrons. The molecule has 9 heteroatoms. The molecule has 3 aromatic rings. The van der Waals surface area contributed by atoms with Crippen LogP contribution in [0.5, 0.6) is 0 Å². The Morgan fingerprint density at radius 1 is 1.16 bits per heavy atom. The number of carbonyl (C=O) groups is 3. The first-order valence-corrected chi connectivity index (χ1v) is 12.7. The van der Waals surface area contributed by atoms with Crippen LogP contribution in [0.15, 0.2) is 41.2 Å². The predicted molar refractivity (Wildman–Crippen MR) is 136 cm³/mol. The molecule has 2 aliphatic heterocycles. The average molecular weight is 504 g/mol. The third-order valence-corrected chi connectivity index (χ3v) is 7.08. The summed E-state index contributed by atoms with van der Waals surface area (Å²) in [5, 5.41) is 3.73. The van der Waals surface area contributed by atoms with Crippen molar-refractivity contribution < 1.29 is 23.9 Å². The molecule has 37 heavy (non-hydrogen) atoms. The number of cyclic esters (lactones) is 1. The summed E-state index contributed by atoms with van der Waals surface area (Å²) in [7, 11) is 0. The van der Waals surface area contributed by atoms with Gasteiger partial charge in [0.25, 0.3) is 5.56 Å². The van der Waals surface area contributed by atoms with Crippen LogP contribution in [0.1, 0.15) is 62.6 Å². The fourth-order valence-electron chi connectivity index (χ4n) is 5.04. The monoisotopic (exact) mass is 503 g/mol. The van der Waals surface area contributed by atoms with E-state index in [2.05, 4.69) is 5.32 Å². The van der Waals surface area contributed by atoms with Crippen LogP contribution in [0.4, 0.5) is 0 Å². The largest absolute Gasteiger partial charge is 0.457 e. The minimum atomic E-state index is -1.77. The number of ether oxygens (including phenoxy) is 2. The quantitative estimate of drug-likeness (QED) is 0.290. The maximum atomic E-state index is 13.6. The number of rotatable bonds is 8. The second-order valence-electron chi connectivity index (χ2n) is 9.44. The number of amides is 1. The topological polar surface area (TPSA) is 117 Å². The Kier molecular flexibility index (Phi) is 6.54. The first-order chi connectivity index (χ1) is 17.9. The summed E-state index contributed by atoms with van der Waals surface area (Å²) in [6, 6.07) is 11.5. The van der Waals surface area contributed by atoms with Crippen molar-refractivity contribution in [2.24, 2.45) is 0 Å². The molecule has 0 unspecified atom stereocenters. The fraction of sp³-hybridized carbons (Fsp3) is 0.393. The van der Waals surface area contributed by atoms with Gasteiger partial charge in [0.15, 0.2) is 0 Å². The van der Waals surface area contributed by atoms with E-state index in [1.54, 1.807) is 17.6 Å². The van der Waals surface area contributed by atoms with Crippen LogP contribution in [0, 0.1) is 0 Å². The lowest BCUT2D eigenvalue weighted by Crippen LogP contribution is -2.47. The van der Waals surface area contributed by atoms with Gasteiger partial charge in [-0.3, -0.25) is 14.4 Å². The number of pyridine rings is 2. The van der Waals surface area contributed by atoms with Gasteiger partial charge in [-0.05, 0) is 31.0 Å². The summed E-state index contributed by atoms with van der Waals surface area (Å²) in [5.74, 6) is -1.69. The van der Waals surface area contributed by atoms with Gasteiger partial charge in [0.2, 0.25) is 11.5 Å². The molecule has 0 saturated carbocycles. The van der Waals surface area contributed by atoms with Crippen LogP contribution in [0.3, 0.4) is 0 Å². The number of nitrogens with one attached hydrogen (secondary N) is 1. The van der Waals surface area contributed by atoms with Gasteiger partial charge in [-0.1, -0.05) is 38.5 Å². The molecule has 5 rings (SSSR count). The van der Waals surface area contributed by atoms with Crippen molar-refractivity contribution in [3.8, 4) is 11.4 Å². The number of carbonyl (C=O) groups excluding carboxylic acids is 3. The number of fused-ring (bicyclic) bond motifs is 5. The van der Waals surface area contributed by atoms with E-state index in [9.17, 15) is 19.2 Å². The highest BCUT2D eigenvalue weighted by atomic mass is 16.6. The van der Waals surface area contributed by atoms with E-state index in [0.717, 1.165) is 29.3 Å². The van der Waals surface area contributed by atoms with Crippen molar-refractivity contribution in [3.63, 3.8) is 0 Å². The minimum absolute atomic E-state index is 0.0541. The van der Waals surface area contributed by atoms with E-state index in [0.29, 0.717) is 30.0 Å². The first kappa shape index (κ1) is 24.7. The molecular weight excluding hydrogens is 474 g/mol. The van der Waals surface area contributed by atoms with Crippen LogP contribution < -0.4 is 10.9 Å². The lowest BCUT2D eigenvalue weighted by molar-refractivity contribution is -0.189. The lowest BCUT2D eigenvalue weighted by Gasteiger charge is -2.35. The third-order valence-electron chi connectivity index (χ3n) is 7.08. The van der Waals surface area contributed by atoms with Crippen molar-refractivity contribution in [3.05, 3.63) is 63.4 Å². The lowest BCUT2D eigenvalue weighted by atomic mass is 9.85. The molecule has 2 aromatic heterocycles. The average Bonchev–Trinajstić information content (AvgIpc) is 3.26. The minimum Gasteiger partial charge on any atom is -0.457 e. The molecule has 4 heterocycles. The standard InChI is InChI=1S/C28H29N3O6/c1-3-5-12-29-23(32)10-11-24(33)37-28(4-2)20-14-22-25-18(13-17-8-6-7-9-21(17)30-25)15-31(22)26(34)19(20)16-36-27(28)35/h6-9,13-14H,3-5,10-12,15-16H2,1-2H3,(H,29,32)/t28-/m0/s1. The van der Waals surface area contributed by atoms with Gasteiger partial charge in [0.05, 0.1) is 35.4 Å². The van der Waals surface area contributed by atoms with Crippen LogP contribution in [0.25, 0.3) is 22.3 Å². The van der Waals surface area contributed by atoms with Crippen molar-refractivity contribution in [1.29, 1.82) is 0 Å². The normalized spacial score (nSPS) is 17.5. The maximum absolute atomic E-state index is 13.6. The molecule has 9 nitrogen and oxygen atoms in total. The first-order valence-electron chi connectivity index (χ1n) is 12.7. The van der Waals surface area contributed by atoms with Gasteiger partial charge in [0, 0.05) is 29.5 Å². The van der Waals surface area contributed by atoms with Gasteiger partial charge in [0.1, 0.15) is 6.61 Å². The van der Waals surface area contributed by atoms with Crippen LogP contribution >= 0.6 is 0 Å². The summed E-state index contributed by atoms with van der Waals surface area (Å²) >= 11 is 0. The molecule has 2 aliphatic rings. The second kappa shape index (κ2) is 9.80. The molecule has 1 aromatic carbocycles. The second-order valence-corrected chi connectivity index (χ2v) is 9.44. The van der Waals surface area contributed by atoms with Crippen LogP contribution in [0.2, 0.25) is 0 Å². The molecule has 1 N–H and O–H groups in total. The predicted octanol–water partition coefficient (Wildman–Crippen LogP) is 3.33. The number of hydrogen-bond acceptors (Lipinski definition) is 7. The highest BCUT2D eigenvalue weighted by Crippen LogP contribution is 2.41. The molecule has 1 amide bonds. The molecule has 0 saturated heterocycles. The maximum Gasteiger partial charge on any atom is 0.355 e. The van der Waals surface area contributed by atoms with Crippen LogP contribution in [-0.2, 0) is 42.6 Å². The van der Waals surface area contributed by atoms with Crippen molar-refractivity contribution in [1.82, 2.24) is 14.9 Å². The van der Waals surface area contributed by atoms with Gasteiger partial charge < -0.3 is 19.4 Å². The SMILES string of the molecule is CCCCNC(=O)CCC(=O)O[C@]1(CC)C(=O)OCc2c1cc1n(c2=O)Cc2cc3ccccc3nc2-1. The van der Waals surface area contributed by atoms with Crippen LogP contribution in [-0.4, -0.2) is 33.9 Å². The summed E-state index contributed by atoms with van der Waals surface area (Å²) in [4.78, 5) is 56.3. The zero-order valence-electron chi connectivity index (χ0n) is 21.0. The van der Waals surface area contributed by atoms with Crippen molar-refractivity contribution in [2.75, 3.05) is 6.54 Å². The number of unbranched alkanes of at least 4 members (excludes halogenated alkanes) is 1. The van der Waals surface area contributed by atoms with E-state index in [4.69, 9.17) is 14.5 Å². The number of benzene rings is 1. The smallest absolute Gasteiger partial charge is 0.355 e. The van der Waals surface area contributed by atoms with Crippen molar-refractivity contribution >= 4 is 28.7 Å². The Morgan fingerprint density at radius 3 is 2.76 bits per heavy atom. The number of aromatic nitrogens is 2. The Balaban J connectivity index is 1.49. The number of hydrogen-bond donors (Lipinski definition) is 1. The van der Waals surface area contributed by atoms with E-state index >= 15 is 0 Å². The van der Waals surface area contributed by atoms with Gasteiger partial charge in [-0.25, -0.2) is 9.78 Å². The van der Waals surface area contributed by atoms with Gasteiger partial charge >= 0.3 is 11.9 Å². The van der Waals surface area contributed by atoms with Gasteiger partial charge in [-0.2, -0.15) is 0 Å². The molecule has 1 atom stereocenters. The number of para-hydroxylation sites is 1. The zero-order chi connectivity index (χ0) is 26.2. The summed E-state index contributed by atoms with van der Waals surface area (Å²) in [5.41, 5.74) is 1.48. The molecule has 0 bridgehead atoms. The van der Waals surface area contributed by atoms with E-state index in [1.165, 1.54) is 0 Å². The highest BCUT2D eigenvalue weighted by Gasteiger charge is 2.50. The molecule has 0 spiro atoms. The highest BCUT2D eigenvalue weighted by molar-refractivity contribution is 5.89. The Bertz CT molecular complexity index is 1480. The molecule has 0 aliphatic carbocycles. The summed E-state index contributed by atoms with van der Waals surface area (Å²) < 4.78 is 12.7. The van der Waals surface area contributed by atoms with Crippen molar-refractivity contribution in [2.45, 2.75) is 64.7 Å².